The predicted molar refractivity (Wildman–Crippen MR) is 62.0 cm³/mol. The van der Waals surface area contributed by atoms with Crippen LogP contribution in [0.5, 0.6) is 0 Å². The lowest BCUT2D eigenvalue weighted by Crippen LogP contribution is -2.22. The van der Waals surface area contributed by atoms with Gasteiger partial charge in [0.25, 0.3) is 0 Å². The summed E-state index contributed by atoms with van der Waals surface area (Å²) in [6.45, 7) is 4.51. The predicted octanol–water partition coefficient (Wildman–Crippen LogP) is 2.53. The van der Waals surface area contributed by atoms with Gasteiger partial charge in [0.2, 0.25) is 0 Å². The van der Waals surface area contributed by atoms with E-state index in [9.17, 15) is 0 Å². The van der Waals surface area contributed by atoms with Crippen molar-refractivity contribution in [3.05, 3.63) is 0 Å². The molecular weight excluding hydrogens is 196 g/mol. The third-order valence-electron chi connectivity index (χ3n) is 2.78. The molecule has 84 valence electrons. The second kappa shape index (κ2) is 7.55. The van der Waals surface area contributed by atoms with Crippen LogP contribution < -0.4 is 0 Å². The van der Waals surface area contributed by atoms with E-state index in [1.807, 2.05) is 0 Å². The Hall–Kier alpha value is 0.270. The van der Waals surface area contributed by atoms with Crippen molar-refractivity contribution in [1.29, 1.82) is 0 Å². The van der Waals surface area contributed by atoms with Crippen LogP contribution in [0, 0.1) is 5.92 Å². The van der Waals surface area contributed by atoms with E-state index in [2.05, 4.69) is 19.6 Å². The zero-order valence-corrected chi connectivity index (χ0v) is 9.97. The molecule has 3 heteroatoms. The van der Waals surface area contributed by atoms with Crippen LogP contribution in [-0.4, -0.2) is 31.7 Å². The highest BCUT2D eigenvalue weighted by Gasteiger charge is 2.17. The Kier molecular flexibility index (Phi) is 6.65. The van der Waals surface area contributed by atoms with Crippen LogP contribution in [0.3, 0.4) is 0 Å². The summed E-state index contributed by atoms with van der Waals surface area (Å²) in [6.07, 6.45) is 5.59. The fraction of sp³-hybridized carbons (Fsp3) is 1.00. The Labute approximate surface area is 92.8 Å². The summed E-state index contributed by atoms with van der Waals surface area (Å²) < 4.78 is 11.0. The quantitative estimate of drug-likeness (QED) is 0.545. The van der Waals surface area contributed by atoms with E-state index in [0.29, 0.717) is 12.7 Å². The smallest absolute Gasteiger partial charge is 0.0704 e. The van der Waals surface area contributed by atoms with Crippen molar-refractivity contribution in [1.82, 2.24) is 0 Å². The lowest BCUT2D eigenvalue weighted by molar-refractivity contribution is -0.0128. The molecule has 0 radical (unpaired) electrons. The second-order valence-electron chi connectivity index (χ2n) is 4.09. The lowest BCUT2D eigenvalue weighted by Gasteiger charge is -2.26. The summed E-state index contributed by atoms with van der Waals surface area (Å²) >= 11 is 4.07. The zero-order valence-electron chi connectivity index (χ0n) is 9.08. The minimum Gasteiger partial charge on any atom is -0.378 e. The van der Waals surface area contributed by atoms with Gasteiger partial charge in [-0.2, -0.15) is 12.6 Å². The molecule has 0 saturated heterocycles. The van der Waals surface area contributed by atoms with Crippen LogP contribution in [-0.2, 0) is 9.47 Å². The summed E-state index contributed by atoms with van der Waals surface area (Å²) in [4.78, 5) is 0. The molecule has 0 aromatic carbocycles. The number of ether oxygens (including phenoxy) is 2. The topological polar surface area (TPSA) is 18.5 Å². The molecule has 0 aliphatic heterocycles. The average Bonchev–Trinajstić information content (AvgIpc) is 2.21. The summed E-state index contributed by atoms with van der Waals surface area (Å²) in [7, 11) is 0. The Morgan fingerprint density at radius 1 is 1.07 bits per heavy atom. The number of rotatable bonds is 6. The van der Waals surface area contributed by atoms with E-state index < -0.39 is 0 Å². The molecule has 1 saturated carbocycles. The molecule has 1 rings (SSSR count). The third kappa shape index (κ3) is 5.23. The highest BCUT2D eigenvalue weighted by Crippen LogP contribution is 2.25. The second-order valence-corrected chi connectivity index (χ2v) is 4.54. The molecule has 0 bridgehead atoms. The van der Waals surface area contributed by atoms with Gasteiger partial charge in [-0.15, -0.1) is 0 Å². The minimum atomic E-state index is 0.491. The van der Waals surface area contributed by atoms with Crippen molar-refractivity contribution in [3.63, 3.8) is 0 Å². The molecule has 0 spiro atoms. The van der Waals surface area contributed by atoms with Gasteiger partial charge in [-0.1, -0.05) is 6.92 Å². The third-order valence-corrected chi connectivity index (χ3v) is 2.96. The van der Waals surface area contributed by atoms with Gasteiger partial charge in [-0.3, -0.25) is 0 Å². The first-order valence-corrected chi connectivity index (χ1v) is 6.26. The van der Waals surface area contributed by atoms with Crippen LogP contribution in [0.25, 0.3) is 0 Å². The molecule has 0 unspecified atom stereocenters. The summed E-state index contributed by atoms with van der Waals surface area (Å²) in [5.41, 5.74) is 0. The maximum absolute atomic E-state index is 5.73. The van der Waals surface area contributed by atoms with Gasteiger partial charge < -0.3 is 9.47 Å². The molecule has 0 aromatic rings. The number of hydrogen-bond donors (Lipinski definition) is 1. The van der Waals surface area contributed by atoms with Gasteiger partial charge in [0.05, 0.1) is 25.9 Å². The minimum absolute atomic E-state index is 0.491. The van der Waals surface area contributed by atoms with Gasteiger partial charge in [0, 0.05) is 5.75 Å². The fourth-order valence-electron chi connectivity index (χ4n) is 1.84. The first-order chi connectivity index (χ1) is 6.83. The van der Waals surface area contributed by atoms with E-state index >= 15 is 0 Å². The maximum atomic E-state index is 5.73. The highest BCUT2D eigenvalue weighted by atomic mass is 32.1. The number of thiol groups is 1. The van der Waals surface area contributed by atoms with Gasteiger partial charge >= 0.3 is 0 Å². The molecule has 0 N–H and O–H groups in total. The summed E-state index contributed by atoms with van der Waals surface area (Å²) in [6, 6.07) is 0. The Morgan fingerprint density at radius 2 is 1.79 bits per heavy atom. The number of hydrogen-bond acceptors (Lipinski definition) is 3. The van der Waals surface area contributed by atoms with Crippen LogP contribution in [0.2, 0.25) is 0 Å². The molecule has 0 aromatic heterocycles. The Bertz CT molecular complexity index is 133. The summed E-state index contributed by atoms with van der Waals surface area (Å²) in [5.74, 6) is 1.69. The van der Waals surface area contributed by atoms with Gasteiger partial charge in [-0.25, -0.2) is 0 Å². The molecule has 2 nitrogen and oxygen atoms in total. The van der Waals surface area contributed by atoms with Crippen molar-refractivity contribution in [2.24, 2.45) is 5.92 Å². The Morgan fingerprint density at radius 3 is 2.43 bits per heavy atom. The van der Waals surface area contributed by atoms with E-state index in [1.54, 1.807) is 0 Å². The molecule has 0 heterocycles. The molecule has 0 atom stereocenters. The van der Waals surface area contributed by atoms with Crippen LogP contribution >= 0.6 is 12.6 Å². The fourth-order valence-corrected chi connectivity index (χ4v) is 1.97. The van der Waals surface area contributed by atoms with Crippen molar-refractivity contribution >= 4 is 12.6 Å². The van der Waals surface area contributed by atoms with Crippen LogP contribution in [0.1, 0.15) is 32.6 Å². The monoisotopic (exact) mass is 218 g/mol. The molecule has 1 aliphatic rings. The van der Waals surface area contributed by atoms with Crippen molar-refractivity contribution in [2.45, 2.75) is 38.7 Å². The van der Waals surface area contributed by atoms with Crippen LogP contribution in [0.15, 0.2) is 0 Å². The van der Waals surface area contributed by atoms with E-state index in [-0.39, 0.29) is 0 Å². The zero-order chi connectivity index (χ0) is 10.2. The van der Waals surface area contributed by atoms with Crippen molar-refractivity contribution in [2.75, 3.05) is 25.6 Å². The Balaban J connectivity index is 1.91. The normalized spacial score (nSPS) is 27.9. The van der Waals surface area contributed by atoms with Gasteiger partial charge in [-0.05, 0) is 31.6 Å². The van der Waals surface area contributed by atoms with Gasteiger partial charge in [0.15, 0.2) is 0 Å². The van der Waals surface area contributed by atoms with Crippen LogP contribution in [0.4, 0.5) is 0 Å². The SMILES string of the molecule is CC1CCC(OCCOCCS)CC1. The lowest BCUT2D eigenvalue weighted by atomic mass is 9.89. The molecule has 0 amide bonds. The van der Waals surface area contributed by atoms with Crippen molar-refractivity contribution < 1.29 is 9.47 Å². The average molecular weight is 218 g/mol. The maximum Gasteiger partial charge on any atom is 0.0704 e. The first kappa shape index (κ1) is 12.3. The summed E-state index contributed by atoms with van der Waals surface area (Å²) in [5, 5.41) is 0. The molecule has 1 fully saturated rings. The highest BCUT2D eigenvalue weighted by molar-refractivity contribution is 7.80. The standard InChI is InChI=1S/C11H22O2S/c1-10-2-4-11(5-3-10)13-7-6-12-8-9-14/h10-11,14H,2-9H2,1H3. The molecule has 1 aliphatic carbocycles. The molecule has 14 heavy (non-hydrogen) atoms. The van der Waals surface area contributed by atoms with Gasteiger partial charge in [0.1, 0.15) is 0 Å². The first-order valence-electron chi connectivity index (χ1n) is 5.63. The van der Waals surface area contributed by atoms with E-state index in [1.165, 1.54) is 25.7 Å². The van der Waals surface area contributed by atoms with Crippen molar-refractivity contribution in [3.8, 4) is 0 Å². The largest absolute Gasteiger partial charge is 0.378 e. The molecular formula is C11H22O2S. The van der Waals surface area contributed by atoms with E-state index in [0.717, 1.165) is 24.9 Å². The van der Waals surface area contributed by atoms with E-state index in [4.69, 9.17) is 9.47 Å².